The van der Waals surface area contributed by atoms with Crippen LogP contribution in [0.15, 0.2) is 0 Å². The zero-order chi connectivity index (χ0) is 13.1. The average molecular weight is 244 g/mol. The summed E-state index contributed by atoms with van der Waals surface area (Å²) in [4.78, 5) is 13.8. The molecule has 2 atom stereocenters. The Hall–Kier alpha value is -0.650. The molecule has 0 aromatic carbocycles. The van der Waals surface area contributed by atoms with Crippen LogP contribution in [0.1, 0.15) is 27.7 Å². The highest BCUT2D eigenvalue weighted by molar-refractivity contribution is 5.82. The Balaban J connectivity index is 2.50. The maximum absolute atomic E-state index is 12.1. The highest BCUT2D eigenvalue weighted by Crippen LogP contribution is 2.13. The summed E-state index contributed by atoms with van der Waals surface area (Å²) in [5.41, 5.74) is 5.65. The minimum absolute atomic E-state index is 0.0509. The van der Waals surface area contributed by atoms with Crippen molar-refractivity contribution < 1.29 is 14.3 Å². The van der Waals surface area contributed by atoms with Crippen LogP contribution in [-0.2, 0) is 14.3 Å². The van der Waals surface area contributed by atoms with Gasteiger partial charge >= 0.3 is 0 Å². The van der Waals surface area contributed by atoms with Crippen molar-refractivity contribution in [1.82, 2.24) is 4.90 Å². The topological polar surface area (TPSA) is 64.8 Å². The predicted molar refractivity (Wildman–Crippen MR) is 65.7 cm³/mol. The van der Waals surface area contributed by atoms with E-state index in [9.17, 15) is 4.79 Å². The normalized spacial score (nSPS) is 21.1. The molecule has 0 radical (unpaired) electrons. The molecule has 0 aliphatic carbocycles. The van der Waals surface area contributed by atoms with Gasteiger partial charge in [0.25, 0.3) is 0 Å². The van der Waals surface area contributed by atoms with E-state index in [1.165, 1.54) is 0 Å². The van der Waals surface area contributed by atoms with Gasteiger partial charge < -0.3 is 20.1 Å². The molecular formula is C12H24N2O3. The molecule has 1 aliphatic heterocycles. The number of nitrogens with two attached hydrogens (primary N) is 1. The van der Waals surface area contributed by atoms with Crippen molar-refractivity contribution in [1.29, 1.82) is 0 Å². The number of hydrogen-bond acceptors (Lipinski definition) is 4. The van der Waals surface area contributed by atoms with Crippen molar-refractivity contribution in [3.63, 3.8) is 0 Å². The molecule has 1 saturated heterocycles. The molecule has 1 aliphatic rings. The molecule has 1 unspecified atom stereocenters. The molecular weight excluding hydrogens is 220 g/mol. The van der Waals surface area contributed by atoms with Crippen LogP contribution in [0, 0.1) is 0 Å². The number of amides is 1. The molecule has 0 aromatic heterocycles. The third-order valence-corrected chi connectivity index (χ3v) is 2.65. The number of morpholine rings is 1. The lowest BCUT2D eigenvalue weighted by molar-refractivity contribution is -0.143. The van der Waals surface area contributed by atoms with Crippen molar-refractivity contribution in [3.8, 4) is 0 Å². The van der Waals surface area contributed by atoms with E-state index in [1.807, 2.05) is 27.7 Å². The Morgan fingerprint density at radius 1 is 1.35 bits per heavy atom. The zero-order valence-corrected chi connectivity index (χ0v) is 11.2. The molecule has 17 heavy (non-hydrogen) atoms. The minimum Gasteiger partial charge on any atom is -0.378 e. The molecule has 0 aromatic rings. The molecule has 0 saturated carbocycles. The number of nitrogens with zero attached hydrogens (tertiary/aromatic N) is 1. The van der Waals surface area contributed by atoms with E-state index in [1.54, 1.807) is 4.90 Å². The fourth-order valence-electron chi connectivity index (χ4n) is 1.83. The van der Waals surface area contributed by atoms with E-state index in [4.69, 9.17) is 15.2 Å². The summed E-state index contributed by atoms with van der Waals surface area (Å²) in [6, 6.07) is -0.604. The average Bonchev–Trinajstić information content (AvgIpc) is 2.26. The van der Waals surface area contributed by atoms with E-state index in [-0.39, 0.29) is 17.6 Å². The molecule has 0 spiro atoms. The first-order chi connectivity index (χ1) is 7.81. The Bertz CT molecular complexity index is 257. The zero-order valence-electron chi connectivity index (χ0n) is 11.2. The van der Waals surface area contributed by atoms with Gasteiger partial charge in [0.2, 0.25) is 5.91 Å². The lowest BCUT2D eigenvalue weighted by atomic mass is 10.1. The molecule has 1 fully saturated rings. The molecule has 1 rings (SSSR count). The summed E-state index contributed by atoms with van der Waals surface area (Å²) in [7, 11) is 0. The van der Waals surface area contributed by atoms with Crippen molar-refractivity contribution in [2.45, 2.75) is 45.4 Å². The van der Waals surface area contributed by atoms with Gasteiger partial charge in [-0.05, 0) is 27.7 Å². The lowest BCUT2D eigenvalue weighted by Gasteiger charge is -2.33. The van der Waals surface area contributed by atoms with Crippen LogP contribution in [-0.4, -0.2) is 54.9 Å². The van der Waals surface area contributed by atoms with Gasteiger partial charge in [-0.1, -0.05) is 0 Å². The second-order valence-corrected chi connectivity index (χ2v) is 5.40. The highest BCUT2D eigenvalue weighted by Gasteiger charge is 2.29. The van der Waals surface area contributed by atoms with Crippen molar-refractivity contribution >= 4 is 5.91 Å². The van der Waals surface area contributed by atoms with Crippen LogP contribution in [0.5, 0.6) is 0 Å². The number of carbonyl (C=O) groups excluding carboxylic acids is 1. The fraction of sp³-hybridized carbons (Fsp3) is 0.917. The minimum atomic E-state index is -0.604. The largest absolute Gasteiger partial charge is 0.378 e. The Kier molecular flexibility index (Phi) is 4.91. The molecule has 5 heteroatoms. The van der Waals surface area contributed by atoms with Gasteiger partial charge in [0.1, 0.15) is 6.04 Å². The van der Waals surface area contributed by atoms with Gasteiger partial charge in [-0.2, -0.15) is 0 Å². The van der Waals surface area contributed by atoms with E-state index in [2.05, 4.69) is 0 Å². The van der Waals surface area contributed by atoms with Crippen LogP contribution in [0.2, 0.25) is 0 Å². The summed E-state index contributed by atoms with van der Waals surface area (Å²) in [5, 5.41) is 0. The smallest absolute Gasteiger partial charge is 0.242 e. The molecule has 0 bridgehead atoms. The predicted octanol–water partition coefficient (Wildman–Crippen LogP) is 0.376. The molecule has 2 N–H and O–H groups in total. The van der Waals surface area contributed by atoms with E-state index in [0.29, 0.717) is 26.3 Å². The molecule has 1 amide bonds. The summed E-state index contributed by atoms with van der Waals surface area (Å²) in [6.07, 6.45) is -0.287. The van der Waals surface area contributed by atoms with Gasteiger partial charge in [-0.25, -0.2) is 0 Å². The summed E-state index contributed by atoms with van der Waals surface area (Å²) < 4.78 is 10.9. The summed E-state index contributed by atoms with van der Waals surface area (Å²) >= 11 is 0. The SMILES string of the molecule is C[C@H](OC(C)(C)C)C(N)C(=O)N1CCOCC1. The van der Waals surface area contributed by atoms with Crippen molar-refractivity contribution in [3.05, 3.63) is 0 Å². The second-order valence-electron chi connectivity index (χ2n) is 5.40. The quantitative estimate of drug-likeness (QED) is 0.779. The fourth-order valence-corrected chi connectivity index (χ4v) is 1.83. The number of ether oxygens (including phenoxy) is 2. The molecule has 1 heterocycles. The second kappa shape index (κ2) is 5.80. The van der Waals surface area contributed by atoms with Gasteiger partial charge in [0.15, 0.2) is 0 Å². The van der Waals surface area contributed by atoms with Crippen molar-refractivity contribution in [2.24, 2.45) is 5.73 Å². The Labute approximate surface area is 103 Å². The van der Waals surface area contributed by atoms with Crippen LogP contribution < -0.4 is 5.73 Å². The van der Waals surface area contributed by atoms with E-state index >= 15 is 0 Å². The standard InChI is InChI=1S/C12H24N2O3/c1-9(17-12(2,3)4)10(13)11(15)14-5-7-16-8-6-14/h9-10H,5-8,13H2,1-4H3/t9-,10?/m0/s1. The first-order valence-electron chi connectivity index (χ1n) is 6.11. The third kappa shape index (κ3) is 4.61. The monoisotopic (exact) mass is 244 g/mol. The Morgan fingerprint density at radius 2 is 1.88 bits per heavy atom. The van der Waals surface area contributed by atoms with Gasteiger partial charge in [0.05, 0.1) is 24.9 Å². The van der Waals surface area contributed by atoms with Crippen LogP contribution in [0.25, 0.3) is 0 Å². The van der Waals surface area contributed by atoms with Crippen LogP contribution >= 0.6 is 0 Å². The van der Waals surface area contributed by atoms with Crippen molar-refractivity contribution in [2.75, 3.05) is 26.3 Å². The maximum Gasteiger partial charge on any atom is 0.242 e. The summed E-state index contributed by atoms with van der Waals surface area (Å²) in [5.74, 6) is -0.0509. The van der Waals surface area contributed by atoms with Gasteiger partial charge in [-0.3, -0.25) is 4.79 Å². The highest BCUT2D eigenvalue weighted by atomic mass is 16.5. The summed E-state index contributed by atoms with van der Waals surface area (Å²) in [6.45, 7) is 10.1. The van der Waals surface area contributed by atoms with Crippen LogP contribution in [0.4, 0.5) is 0 Å². The van der Waals surface area contributed by atoms with Gasteiger partial charge in [0, 0.05) is 13.1 Å². The van der Waals surface area contributed by atoms with Crippen LogP contribution in [0.3, 0.4) is 0 Å². The van der Waals surface area contributed by atoms with E-state index in [0.717, 1.165) is 0 Å². The first-order valence-corrected chi connectivity index (χ1v) is 6.11. The third-order valence-electron chi connectivity index (χ3n) is 2.65. The molecule has 100 valence electrons. The first kappa shape index (κ1) is 14.4. The molecule has 5 nitrogen and oxygen atoms in total. The maximum atomic E-state index is 12.1. The van der Waals surface area contributed by atoms with E-state index < -0.39 is 6.04 Å². The lowest BCUT2D eigenvalue weighted by Crippen LogP contribution is -2.54. The Morgan fingerprint density at radius 3 is 2.35 bits per heavy atom. The van der Waals surface area contributed by atoms with Gasteiger partial charge in [-0.15, -0.1) is 0 Å². The number of rotatable bonds is 3. The number of carbonyl (C=O) groups is 1. The number of hydrogen-bond donors (Lipinski definition) is 1.